The molecular weight excluding hydrogens is 336 g/mol. The van der Waals surface area contributed by atoms with Gasteiger partial charge in [-0.05, 0) is 25.7 Å². The third-order valence-corrected chi connectivity index (χ3v) is 5.14. The fraction of sp³-hybridized carbons (Fsp3) is 0.348. The number of nitrogens with zero attached hydrogens (tertiary/aromatic N) is 1. The normalized spacial score (nSPS) is 12.2. The van der Waals surface area contributed by atoms with Crippen LogP contribution in [0.1, 0.15) is 41.0 Å². The predicted octanol–water partition coefficient (Wildman–Crippen LogP) is 7.10. The van der Waals surface area contributed by atoms with Crippen LogP contribution in [0, 0.1) is 5.41 Å². The van der Waals surface area contributed by atoms with Crippen LogP contribution in [0.25, 0.3) is 21.8 Å². The predicted molar refractivity (Wildman–Crippen MR) is 115 cm³/mol. The molecule has 0 aliphatic heterocycles. The third-order valence-electron chi connectivity index (χ3n) is 4.12. The second-order valence-corrected chi connectivity index (χ2v) is 9.67. The van der Waals surface area contributed by atoms with E-state index in [1.165, 1.54) is 0 Å². The minimum atomic E-state index is -0.0116. The molecule has 3 heteroatoms. The summed E-state index contributed by atoms with van der Waals surface area (Å²) in [7, 11) is 0. The van der Waals surface area contributed by atoms with Crippen molar-refractivity contribution in [3.63, 3.8) is 0 Å². The molecule has 136 valence electrons. The first-order valence-corrected chi connectivity index (χ1v) is 9.95. The maximum absolute atomic E-state index is 4.99. The quantitative estimate of drug-likeness (QED) is 0.522. The van der Waals surface area contributed by atoms with E-state index in [0.29, 0.717) is 0 Å². The number of hydrogen-bond acceptors (Lipinski definition) is 3. The molecule has 0 spiro atoms. The lowest BCUT2D eigenvalue weighted by atomic mass is 9.82. The van der Waals surface area contributed by atoms with Crippen molar-refractivity contribution in [3.05, 3.63) is 60.7 Å². The summed E-state index contributed by atoms with van der Waals surface area (Å²) in [5.74, 6) is 0. The molecule has 1 N–H and O–H groups in total. The highest BCUT2D eigenvalue weighted by Crippen LogP contribution is 2.40. The first-order chi connectivity index (χ1) is 12.2. The molecule has 3 rings (SSSR count). The fourth-order valence-corrected chi connectivity index (χ4v) is 4.75. The zero-order chi connectivity index (χ0) is 18.8. The highest BCUT2D eigenvalue weighted by molar-refractivity contribution is 7.19. The molecule has 0 amide bonds. The second-order valence-electron chi connectivity index (χ2n) is 8.68. The molecule has 3 aromatic rings. The Morgan fingerprint density at radius 3 is 1.88 bits per heavy atom. The average molecular weight is 365 g/mol. The van der Waals surface area contributed by atoms with Gasteiger partial charge in [-0.25, -0.2) is 4.98 Å². The maximum Gasteiger partial charge on any atom is 0.126 e. The molecule has 0 radical (unpaired) electrons. The Morgan fingerprint density at radius 2 is 1.35 bits per heavy atom. The summed E-state index contributed by atoms with van der Waals surface area (Å²) < 4.78 is 0. The second kappa shape index (κ2) is 7.24. The van der Waals surface area contributed by atoms with Gasteiger partial charge in [0, 0.05) is 16.7 Å². The lowest BCUT2D eigenvalue weighted by molar-refractivity contribution is 0.303. The molecule has 0 saturated carbocycles. The number of nitrogens with one attached hydrogen (secondary N) is 1. The van der Waals surface area contributed by atoms with E-state index in [1.807, 2.05) is 12.1 Å². The Bertz CT molecular complexity index is 843. The number of anilines is 1. The zero-order valence-electron chi connectivity index (χ0n) is 16.3. The van der Waals surface area contributed by atoms with Crippen LogP contribution in [-0.2, 0) is 0 Å². The van der Waals surface area contributed by atoms with Gasteiger partial charge in [0.15, 0.2) is 0 Å². The standard InChI is InChI=1S/C23H28N2S/c1-22(2,3)16-23(4,5)25-21-19(17-12-8-6-9-13-17)24-20(26-21)18-14-10-7-11-15-18/h6-15,25H,16H2,1-5H3. The average Bonchev–Trinajstić information content (AvgIpc) is 2.97. The molecule has 1 aromatic heterocycles. The first kappa shape index (κ1) is 18.7. The largest absolute Gasteiger partial charge is 0.370 e. The Hall–Kier alpha value is -2.13. The minimum Gasteiger partial charge on any atom is -0.370 e. The van der Waals surface area contributed by atoms with E-state index in [0.717, 1.165) is 33.3 Å². The van der Waals surface area contributed by atoms with Gasteiger partial charge in [-0.3, -0.25) is 0 Å². The van der Waals surface area contributed by atoms with E-state index in [4.69, 9.17) is 4.98 Å². The number of hydrogen-bond donors (Lipinski definition) is 1. The van der Waals surface area contributed by atoms with Crippen LogP contribution < -0.4 is 5.32 Å². The molecule has 0 aliphatic carbocycles. The molecule has 0 fully saturated rings. The Morgan fingerprint density at radius 1 is 0.808 bits per heavy atom. The molecule has 2 nitrogen and oxygen atoms in total. The van der Waals surface area contributed by atoms with E-state index in [-0.39, 0.29) is 11.0 Å². The van der Waals surface area contributed by atoms with Crippen molar-refractivity contribution in [1.29, 1.82) is 0 Å². The Balaban J connectivity index is 2.01. The van der Waals surface area contributed by atoms with Gasteiger partial charge in [0.05, 0.1) is 0 Å². The van der Waals surface area contributed by atoms with Gasteiger partial charge in [0.25, 0.3) is 0 Å². The lowest BCUT2D eigenvalue weighted by Gasteiger charge is -2.33. The van der Waals surface area contributed by atoms with Crippen LogP contribution in [0.4, 0.5) is 5.00 Å². The molecule has 0 unspecified atom stereocenters. The van der Waals surface area contributed by atoms with E-state index < -0.39 is 0 Å². The van der Waals surface area contributed by atoms with Crippen molar-refractivity contribution in [3.8, 4) is 21.8 Å². The Labute approximate surface area is 161 Å². The number of rotatable bonds is 5. The van der Waals surface area contributed by atoms with E-state index >= 15 is 0 Å². The molecule has 0 atom stereocenters. The number of thiazole rings is 1. The van der Waals surface area contributed by atoms with E-state index in [9.17, 15) is 0 Å². The summed E-state index contributed by atoms with van der Waals surface area (Å²) in [6.45, 7) is 11.4. The number of aromatic nitrogens is 1. The summed E-state index contributed by atoms with van der Waals surface area (Å²) in [4.78, 5) is 4.99. The van der Waals surface area contributed by atoms with Gasteiger partial charge in [0.2, 0.25) is 0 Å². The van der Waals surface area contributed by atoms with Gasteiger partial charge in [0.1, 0.15) is 15.7 Å². The molecule has 0 saturated heterocycles. The van der Waals surface area contributed by atoms with E-state index in [1.54, 1.807) is 11.3 Å². The lowest BCUT2D eigenvalue weighted by Crippen LogP contribution is -2.35. The SMILES string of the molecule is CC(C)(C)CC(C)(C)Nc1sc(-c2ccccc2)nc1-c1ccccc1. The minimum absolute atomic E-state index is 0.0116. The summed E-state index contributed by atoms with van der Waals surface area (Å²) in [5.41, 5.74) is 3.60. The monoisotopic (exact) mass is 364 g/mol. The molecule has 2 aromatic carbocycles. The van der Waals surface area contributed by atoms with E-state index in [2.05, 4.69) is 88.5 Å². The van der Waals surface area contributed by atoms with Gasteiger partial charge in [-0.2, -0.15) is 0 Å². The zero-order valence-corrected chi connectivity index (χ0v) is 17.2. The van der Waals surface area contributed by atoms with Gasteiger partial charge < -0.3 is 5.32 Å². The van der Waals surface area contributed by atoms with Gasteiger partial charge in [-0.1, -0.05) is 92.8 Å². The van der Waals surface area contributed by atoms with Crippen molar-refractivity contribution in [2.24, 2.45) is 5.41 Å². The fourth-order valence-electron chi connectivity index (χ4n) is 3.58. The first-order valence-electron chi connectivity index (χ1n) is 9.13. The van der Waals surface area contributed by atoms with Gasteiger partial charge in [-0.15, -0.1) is 0 Å². The van der Waals surface area contributed by atoms with Crippen LogP contribution in [0.15, 0.2) is 60.7 Å². The van der Waals surface area contributed by atoms with Crippen LogP contribution in [0.3, 0.4) is 0 Å². The van der Waals surface area contributed by atoms with Crippen LogP contribution >= 0.6 is 11.3 Å². The van der Waals surface area contributed by atoms with Crippen LogP contribution in [-0.4, -0.2) is 10.5 Å². The highest BCUT2D eigenvalue weighted by Gasteiger charge is 2.27. The maximum atomic E-state index is 4.99. The molecule has 1 heterocycles. The molecule has 26 heavy (non-hydrogen) atoms. The summed E-state index contributed by atoms with van der Waals surface area (Å²) >= 11 is 1.74. The summed E-state index contributed by atoms with van der Waals surface area (Å²) in [6.07, 6.45) is 1.08. The van der Waals surface area contributed by atoms with Crippen molar-refractivity contribution in [2.45, 2.75) is 46.6 Å². The van der Waals surface area contributed by atoms with Crippen molar-refractivity contribution in [2.75, 3.05) is 5.32 Å². The topological polar surface area (TPSA) is 24.9 Å². The molecule has 0 aliphatic rings. The van der Waals surface area contributed by atoms with Crippen LogP contribution in [0.5, 0.6) is 0 Å². The molecular formula is C23H28N2S. The third kappa shape index (κ3) is 4.73. The number of benzene rings is 2. The summed E-state index contributed by atoms with van der Waals surface area (Å²) in [6, 6.07) is 20.9. The van der Waals surface area contributed by atoms with Crippen molar-refractivity contribution in [1.82, 2.24) is 4.98 Å². The summed E-state index contributed by atoms with van der Waals surface area (Å²) in [5, 5.41) is 5.99. The van der Waals surface area contributed by atoms with Gasteiger partial charge >= 0.3 is 0 Å². The highest BCUT2D eigenvalue weighted by atomic mass is 32.1. The molecule has 0 bridgehead atoms. The van der Waals surface area contributed by atoms with Crippen molar-refractivity contribution >= 4 is 16.3 Å². The van der Waals surface area contributed by atoms with Crippen molar-refractivity contribution < 1.29 is 0 Å². The smallest absolute Gasteiger partial charge is 0.126 e. The Kier molecular flexibility index (Phi) is 5.19. The van der Waals surface area contributed by atoms with Crippen LogP contribution in [0.2, 0.25) is 0 Å².